The molecule has 0 saturated carbocycles. The van der Waals surface area contributed by atoms with E-state index in [1.807, 2.05) is 52.0 Å². The molecular formula is C14H18BNO2S. The molecule has 0 aromatic heterocycles. The quantitative estimate of drug-likeness (QED) is 0.628. The third-order valence-corrected chi connectivity index (χ3v) is 4.55. The molecule has 0 atom stereocenters. The molecule has 19 heavy (non-hydrogen) atoms. The maximum atomic E-state index is 8.63. The van der Waals surface area contributed by atoms with Crippen molar-refractivity contribution in [3.05, 3.63) is 24.3 Å². The van der Waals surface area contributed by atoms with Gasteiger partial charge in [-0.1, -0.05) is 12.1 Å². The van der Waals surface area contributed by atoms with Crippen LogP contribution in [0.3, 0.4) is 0 Å². The molecule has 0 amide bonds. The van der Waals surface area contributed by atoms with Crippen molar-refractivity contribution in [2.75, 3.05) is 5.75 Å². The van der Waals surface area contributed by atoms with Gasteiger partial charge in [0.05, 0.1) is 23.0 Å². The van der Waals surface area contributed by atoms with E-state index in [-0.39, 0.29) is 18.3 Å². The summed E-state index contributed by atoms with van der Waals surface area (Å²) < 4.78 is 12.0. The van der Waals surface area contributed by atoms with Crippen molar-refractivity contribution in [1.29, 1.82) is 5.26 Å². The average molecular weight is 275 g/mol. The molecule has 3 nitrogen and oxygen atoms in total. The van der Waals surface area contributed by atoms with Crippen LogP contribution in [0.1, 0.15) is 27.7 Å². The topological polar surface area (TPSA) is 42.2 Å². The van der Waals surface area contributed by atoms with Crippen molar-refractivity contribution in [2.24, 2.45) is 0 Å². The van der Waals surface area contributed by atoms with Crippen LogP contribution in [0.5, 0.6) is 0 Å². The van der Waals surface area contributed by atoms with E-state index in [0.29, 0.717) is 5.75 Å². The minimum Gasteiger partial charge on any atom is -0.399 e. The van der Waals surface area contributed by atoms with Crippen LogP contribution in [-0.4, -0.2) is 24.1 Å². The fourth-order valence-corrected chi connectivity index (χ4v) is 2.47. The van der Waals surface area contributed by atoms with E-state index < -0.39 is 0 Å². The second-order valence-corrected chi connectivity index (χ2v) is 6.66. The Hall–Kier alpha value is -0.955. The minimum absolute atomic E-state index is 0.326. The molecule has 0 unspecified atom stereocenters. The van der Waals surface area contributed by atoms with Crippen molar-refractivity contribution < 1.29 is 9.31 Å². The first-order valence-corrected chi connectivity index (χ1v) is 7.30. The van der Waals surface area contributed by atoms with Crippen molar-refractivity contribution in [1.82, 2.24) is 0 Å². The van der Waals surface area contributed by atoms with Gasteiger partial charge in [0.15, 0.2) is 0 Å². The van der Waals surface area contributed by atoms with E-state index in [1.54, 1.807) is 0 Å². The highest BCUT2D eigenvalue weighted by Gasteiger charge is 2.51. The molecular weight excluding hydrogens is 257 g/mol. The average Bonchev–Trinajstić information content (AvgIpc) is 2.56. The van der Waals surface area contributed by atoms with E-state index in [9.17, 15) is 0 Å². The molecule has 2 rings (SSSR count). The summed E-state index contributed by atoms with van der Waals surface area (Å²) in [6, 6.07) is 10.1. The zero-order valence-electron chi connectivity index (χ0n) is 11.8. The summed E-state index contributed by atoms with van der Waals surface area (Å²) in [4.78, 5) is 1.06. The van der Waals surface area contributed by atoms with Gasteiger partial charge in [0, 0.05) is 4.90 Å². The summed E-state index contributed by atoms with van der Waals surface area (Å²) in [6.07, 6.45) is 0. The van der Waals surface area contributed by atoms with Crippen LogP contribution in [0.15, 0.2) is 29.2 Å². The lowest BCUT2D eigenvalue weighted by atomic mass is 9.79. The Balaban J connectivity index is 2.18. The third kappa shape index (κ3) is 2.97. The molecule has 1 fully saturated rings. The van der Waals surface area contributed by atoms with Gasteiger partial charge in [-0.05, 0) is 45.3 Å². The van der Waals surface area contributed by atoms with Crippen LogP contribution in [0, 0.1) is 11.3 Å². The smallest absolute Gasteiger partial charge is 0.399 e. The first-order chi connectivity index (χ1) is 8.86. The van der Waals surface area contributed by atoms with Gasteiger partial charge in [0.2, 0.25) is 0 Å². The molecule has 100 valence electrons. The maximum Gasteiger partial charge on any atom is 0.494 e. The number of nitriles is 1. The Bertz CT molecular complexity index is 494. The van der Waals surface area contributed by atoms with E-state index in [4.69, 9.17) is 14.6 Å². The first kappa shape index (κ1) is 14.5. The van der Waals surface area contributed by atoms with Gasteiger partial charge in [-0.2, -0.15) is 5.26 Å². The van der Waals surface area contributed by atoms with Gasteiger partial charge in [-0.3, -0.25) is 0 Å². The van der Waals surface area contributed by atoms with Crippen LogP contribution < -0.4 is 5.46 Å². The van der Waals surface area contributed by atoms with Gasteiger partial charge >= 0.3 is 7.12 Å². The molecule has 1 aromatic carbocycles. The molecule has 0 aliphatic carbocycles. The Kier molecular flexibility index (Phi) is 3.96. The number of hydrogen-bond donors (Lipinski definition) is 0. The lowest BCUT2D eigenvalue weighted by Gasteiger charge is -2.32. The van der Waals surface area contributed by atoms with Crippen LogP contribution in [0.4, 0.5) is 0 Å². The zero-order valence-corrected chi connectivity index (χ0v) is 12.6. The van der Waals surface area contributed by atoms with Crippen molar-refractivity contribution in [3.8, 4) is 6.07 Å². The highest BCUT2D eigenvalue weighted by Crippen LogP contribution is 2.36. The first-order valence-electron chi connectivity index (χ1n) is 6.31. The van der Waals surface area contributed by atoms with Crippen LogP contribution >= 0.6 is 11.8 Å². The van der Waals surface area contributed by atoms with E-state index in [0.717, 1.165) is 10.4 Å². The molecule has 1 aromatic rings. The highest BCUT2D eigenvalue weighted by atomic mass is 32.2. The van der Waals surface area contributed by atoms with E-state index in [1.165, 1.54) is 11.8 Å². The summed E-state index contributed by atoms with van der Waals surface area (Å²) in [5.74, 6) is 0.451. The Labute approximate surface area is 119 Å². The number of hydrogen-bond acceptors (Lipinski definition) is 4. The Morgan fingerprint density at radius 3 is 2.42 bits per heavy atom. The summed E-state index contributed by atoms with van der Waals surface area (Å²) in [6.45, 7) is 8.17. The van der Waals surface area contributed by atoms with Gasteiger partial charge in [-0.25, -0.2) is 0 Å². The third-order valence-electron chi connectivity index (χ3n) is 3.69. The SMILES string of the molecule is CC1(C)OB(c2cccc(SCC#N)c2)OC1(C)C. The number of benzene rings is 1. The summed E-state index contributed by atoms with van der Waals surface area (Å²) in [5.41, 5.74) is 0.350. The number of rotatable bonds is 3. The molecule has 0 N–H and O–H groups in total. The van der Waals surface area contributed by atoms with Crippen molar-refractivity contribution in [3.63, 3.8) is 0 Å². The van der Waals surface area contributed by atoms with Crippen molar-refractivity contribution >= 4 is 24.3 Å². The van der Waals surface area contributed by atoms with Gasteiger partial charge in [0.1, 0.15) is 0 Å². The van der Waals surface area contributed by atoms with E-state index in [2.05, 4.69) is 6.07 Å². The fraction of sp³-hybridized carbons (Fsp3) is 0.500. The zero-order chi connectivity index (χ0) is 14.1. The lowest BCUT2D eigenvalue weighted by Crippen LogP contribution is -2.41. The number of nitrogens with zero attached hydrogens (tertiary/aromatic N) is 1. The van der Waals surface area contributed by atoms with Crippen LogP contribution in [0.2, 0.25) is 0 Å². The molecule has 0 spiro atoms. The largest absolute Gasteiger partial charge is 0.494 e. The standard InChI is InChI=1S/C14H18BNO2S/c1-13(2)14(3,4)18-15(17-13)11-6-5-7-12(10-11)19-9-8-16/h5-7,10H,9H2,1-4H3. The lowest BCUT2D eigenvalue weighted by molar-refractivity contribution is 0.00578. The molecule has 1 heterocycles. The fourth-order valence-electron chi connectivity index (χ4n) is 1.85. The number of thioether (sulfide) groups is 1. The summed E-state index contributed by atoms with van der Waals surface area (Å²) >= 11 is 1.52. The highest BCUT2D eigenvalue weighted by molar-refractivity contribution is 7.99. The van der Waals surface area contributed by atoms with Crippen molar-refractivity contribution in [2.45, 2.75) is 43.8 Å². The summed E-state index contributed by atoms with van der Waals surface area (Å²) in [7, 11) is -0.340. The molecule has 1 saturated heterocycles. The Morgan fingerprint density at radius 2 is 1.84 bits per heavy atom. The van der Waals surface area contributed by atoms with Crippen LogP contribution in [0.25, 0.3) is 0 Å². The van der Waals surface area contributed by atoms with Gasteiger partial charge < -0.3 is 9.31 Å². The van der Waals surface area contributed by atoms with Crippen LogP contribution in [-0.2, 0) is 9.31 Å². The normalized spacial score (nSPS) is 20.3. The molecule has 1 aliphatic rings. The predicted molar refractivity (Wildman–Crippen MR) is 78.5 cm³/mol. The van der Waals surface area contributed by atoms with Gasteiger partial charge in [-0.15, -0.1) is 11.8 Å². The Morgan fingerprint density at radius 1 is 1.21 bits per heavy atom. The summed E-state index contributed by atoms with van der Waals surface area (Å²) in [5, 5.41) is 8.63. The molecule has 5 heteroatoms. The minimum atomic E-state index is -0.340. The molecule has 0 bridgehead atoms. The molecule has 1 aliphatic heterocycles. The maximum absolute atomic E-state index is 8.63. The van der Waals surface area contributed by atoms with E-state index >= 15 is 0 Å². The monoisotopic (exact) mass is 275 g/mol. The predicted octanol–water partition coefficient (Wildman–Crippen LogP) is 2.60. The molecule has 0 radical (unpaired) electrons. The second kappa shape index (κ2) is 5.20. The van der Waals surface area contributed by atoms with Gasteiger partial charge in [0.25, 0.3) is 0 Å². The second-order valence-electron chi connectivity index (χ2n) is 5.61.